The standard InChI is InChI=1S/C19H15NO5/c1-24-19(23)17-11-15(21)14-10-13(7-8-16(14)25-17)20-18(22)9-12-5-3-2-4-6-12/h2-8,10-11H,9H2,1H3,(H,20,22). The number of esters is 1. The number of carbonyl (C=O) groups is 2. The van der Waals surface area contributed by atoms with Crippen LogP contribution in [0.3, 0.4) is 0 Å². The number of methoxy groups -OCH3 is 1. The predicted octanol–water partition coefficient (Wildman–Crippen LogP) is 2.76. The van der Waals surface area contributed by atoms with Crippen molar-refractivity contribution in [2.75, 3.05) is 12.4 Å². The van der Waals surface area contributed by atoms with Crippen molar-refractivity contribution in [2.24, 2.45) is 0 Å². The van der Waals surface area contributed by atoms with Gasteiger partial charge in [-0.25, -0.2) is 4.79 Å². The molecule has 0 aliphatic carbocycles. The lowest BCUT2D eigenvalue weighted by Gasteiger charge is -2.07. The number of nitrogens with one attached hydrogen (secondary N) is 1. The molecule has 3 aromatic rings. The molecule has 1 amide bonds. The molecule has 0 aliphatic rings. The number of benzene rings is 2. The first-order valence-corrected chi connectivity index (χ1v) is 7.57. The van der Waals surface area contributed by atoms with Crippen molar-refractivity contribution >= 4 is 28.5 Å². The van der Waals surface area contributed by atoms with E-state index in [9.17, 15) is 14.4 Å². The van der Waals surface area contributed by atoms with E-state index in [1.807, 2.05) is 30.3 Å². The fourth-order valence-corrected chi connectivity index (χ4v) is 2.42. The van der Waals surface area contributed by atoms with E-state index >= 15 is 0 Å². The first-order valence-electron chi connectivity index (χ1n) is 7.57. The molecule has 6 nitrogen and oxygen atoms in total. The zero-order chi connectivity index (χ0) is 17.8. The Labute approximate surface area is 143 Å². The Bertz CT molecular complexity index is 992. The van der Waals surface area contributed by atoms with Crippen LogP contribution in [-0.2, 0) is 16.0 Å². The third kappa shape index (κ3) is 3.74. The fraction of sp³-hybridized carbons (Fsp3) is 0.105. The number of carbonyl (C=O) groups excluding carboxylic acids is 2. The van der Waals surface area contributed by atoms with Gasteiger partial charge in [-0.15, -0.1) is 0 Å². The Morgan fingerprint density at radius 2 is 1.84 bits per heavy atom. The molecule has 3 rings (SSSR count). The zero-order valence-electron chi connectivity index (χ0n) is 13.4. The van der Waals surface area contributed by atoms with Gasteiger partial charge in [-0.2, -0.15) is 0 Å². The molecule has 1 N–H and O–H groups in total. The lowest BCUT2D eigenvalue weighted by molar-refractivity contribution is -0.115. The lowest BCUT2D eigenvalue weighted by atomic mass is 10.1. The summed E-state index contributed by atoms with van der Waals surface area (Å²) in [7, 11) is 1.21. The van der Waals surface area contributed by atoms with Gasteiger partial charge in [0.25, 0.3) is 0 Å². The molecule has 1 heterocycles. The molecule has 6 heteroatoms. The molecular formula is C19H15NO5. The highest BCUT2D eigenvalue weighted by Gasteiger charge is 2.13. The van der Waals surface area contributed by atoms with Crippen LogP contribution >= 0.6 is 0 Å². The average Bonchev–Trinajstić information content (AvgIpc) is 2.62. The summed E-state index contributed by atoms with van der Waals surface area (Å²) in [6.45, 7) is 0. The van der Waals surface area contributed by atoms with Gasteiger partial charge in [0.1, 0.15) is 5.58 Å². The van der Waals surface area contributed by atoms with Crippen LogP contribution in [-0.4, -0.2) is 19.0 Å². The zero-order valence-corrected chi connectivity index (χ0v) is 13.4. The Morgan fingerprint density at radius 1 is 1.08 bits per heavy atom. The van der Waals surface area contributed by atoms with Gasteiger partial charge in [0.05, 0.1) is 18.9 Å². The van der Waals surface area contributed by atoms with Crippen LogP contribution in [0, 0.1) is 0 Å². The molecule has 0 spiro atoms. The number of hydrogen-bond donors (Lipinski definition) is 1. The minimum absolute atomic E-state index is 0.166. The Balaban J connectivity index is 1.84. The predicted molar refractivity (Wildman–Crippen MR) is 92.6 cm³/mol. The van der Waals surface area contributed by atoms with Crippen LogP contribution in [0.25, 0.3) is 11.0 Å². The number of ether oxygens (including phenoxy) is 1. The van der Waals surface area contributed by atoms with Crippen LogP contribution in [0.4, 0.5) is 5.69 Å². The Morgan fingerprint density at radius 3 is 2.56 bits per heavy atom. The molecule has 0 fully saturated rings. The van der Waals surface area contributed by atoms with Gasteiger partial charge in [0, 0.05) is 11.8 Å². The maximum atomic E-state index is 12.2. The van der Waals surface area contributed by atoms with E-state index in [1.165, 1.54) is 19.2 Å². The normalized spacial score (nSPS) is 10.4. The second-order valence-corrected chi connectivity index (χ2v) is 5.39. The highest BCUT2D eigenvalue weighted by atomic mass is 16.5. The summed E-state index contributed by atoms with van der Waals surface area (Å²) in [5, 5.41) is 3.02. The van der Waals surface area contributed by atoms with E-state index in [0.29, 0.717) is 5.69 Å². The topological polar surface area (TPSA) is 85.6 Å². The molecule has 0 saturated heterocycles. The molecule has 126 valence electrons. The van der Waals surface area contributed by atoms with Crippen molar-refractivity contribution in [1.82, 2.24) is 0 Å². The first kappa shape index (κ1) is 16.4. The van der Waals surface area contributed by atoms with Crippen LogP contribution in [0.1, 0.15) is 16.1 Å². The number of hydrogen-bond acceptors (Lipinski definition) is 5. The molecule has 0 aliphatic heterocycles. The maximum Gasteiger partial charge on any atom is 0.374 e. The Kier molecular flexibility index (Phi) is 4.61. The quantitative estimate of drug-likeness (QED) is 0.740. The number of fused-ring (bicyclic) bond motifs is 1. The van der Waals surface area contributed by atoms with Crippen molar-refractivity contribution in [1.29, 1.82) is 0 Å². The highest BCUT2D eigenvalue weighted by molar-refractivity contribution is 5.95. The van der Waals surface area contributed by atoms with Crippen LogP contribution in [0.15, 0.2) is 63.8 Å². The van der Waals surface area contributed by atoms with Crippen molar-refractivity contribution < 1.29 is 18.7 Å². The third-order valence-electron chi connectivity index (χ3n) is 3.60. The van der Waals surface area contributed by atoms with Crippen molar-refractivity contribution in [2.45, 2.75) is 6.42 Å². The minimum atomic E-state index is -0.723. The van der Waals surface area contributed by atoms with Gasteiger partial charge in [0.2, 0.25) is 11.7 Å². The summed E-state index contributed by atoms with van der Waals surface area (Å²) in [5.74, 6) is -1.08. The van der Waals surface area contributed by atoms with E-state index < -0.39 is 5.97 Å². The molecule has 0 unspecified atom stereocenters. The summed E-state index contributed by atoms with van der Waals surface area (Å²) in [5.41, 5.74) is 1.23. The smallest absolute Gasteiger partial charge is 0.374 e. The van der Waals surface area contributed by atoms with Gasteiger partial charge in [0.15, 0.2) is 5.43 Å². The molecule has 0 bridgehead atoms. The minimum Gasteiger partial charge on any atom is -0.463 e. The number of anilines is 1. The number of rotatable bonds is 4. The third-order valence-corrected chi connectivity index (χ3v) is 3.60. The van der Waals surface area contributed by atoms with Crippen LogP contribution < -0.4 is 10.7 Å². The first-order chi connectivity index (χ1) is 12.1. The summed E-state index contributed by atoms with van der Waals surface area (Å²) in [4.78, 5) is 35.8. The summed E-state index contributed by atoms with van der Waals surface area (Å²) >= 11 is 0. The maximum absolute atomic E-state index is 12.2. The number of amides is 1. The van der Waals surface area contributed by atoms with E-state index in [4.69, 9.17) is 4.42 Å². The largest absolute Gasteiger partial charge is 0.463 e. The molecule has 25 heavy (non-hydrogen) atoms. The van der Waals surface area contributed by atoms with Gasteiger partial charge in [-0.1, -0.05) is 30.3 Å². The second kappa shape index (κ2) is 7.00. The average molecular weight is 337 g/mol. The van der Waals surface area contributed by atoms with Gasteiger partial charge in [-0.3, -0.25) is 9.59 Å². The van der Waals surface area contributed by atoms with E-state index in [-0.39, 0.29) is 34.5 Å². The highest BCUT2D eigenvalue weighted by Crippen LogP contribution is 2.18. The van der Waals surface area contributed by atoms with Crippen LogP contribution in [0.2, 0.25) is 0 Å². The molecule has 0 atom stereocenters. The molecule has 0 radical (unpaired) electrons. The van der Waals surface area contributed by atoms with Crippen molar-refractivity contribution in [3.63, 3.8) is 0 Å². The van der Waals surface area contributed by atoms with Crippen molar-refractivity contribution in [3.8, 4) is 0 Å². The SMILES string of the molecule is COC(=O)c1cc(=O)c2cc(NC(=O)Cc3ccccc3)ccc2o1. The summed E-state index contributed by atoms with van der Waals surface area (Å²) in [6.07, 6.45) is 0.231. The lowest BCUT2D eigenvalue weighted by Crippen LogP contribution is -2.15. The Hall–Kier alpha value is -3.41. The van der Waals surface area contributed by atoms with E-state index in [1.54, 1.807) is 6.07 Å². The van der Waals surface area contributed by atoms with Crippen molar-refractivity contribution in [3.05, 3.63) is 76.1 Å². The van der Waals surface area contributed by atoms with Gasteiger partial charge < -0.3 is 14.5 Å². The molecule has 2 aromatic carbocycles. The monoisotopic (exact) mass is 337 g/mol. The molecule has 1 aromatic heterocycles. The van der Waals surface area contributed by atoms with E-state index in [2.05, 4.69) is 10.1 Å². The fourth-order valence-electron chi connectivity index (χ4n) is 2.42. The van der Waals surface area contributed by atoms with E-state index in [0.717, 1.165) is 11.6 Å². The van der Waals surface area contributed by atoms with Gasteiger partial charge in [-0.05, 0) is 23.8 Å². The molecular weight excluding hydrogens is 322 g/mol. The molecule has 0 saturated carbocycles. The van der Waals surface area contributed by atoms with Crippen LogP contribution in [0.5, 0.6) is 0 Å². The summed E-state index contributed by atoms with van der Waals surface area (Å²) in [6, 6.07) is 15.1. The van der Waals surface area contributed by atoms with Gasteiger partial charge >= 0.3 is 5.97 Å². The summed E-state index contributed by atoms with van der Waals surface area (Å²) < 4.78 is 9.91. The second-order valence-electron chi connectivity index (χ2n) is 5.39.